The van der Waals surface area contributed by atoms with E-state index in [1.165, 1.54) is 18.4 Å². The molecule has 0 amide bonds. The van der Waals surface area contributed by atoms with Gasteiger partial charge in [-0.05, 0) is 30.3 Å². The number of furan rings is 1. The predicted octanol–water partition coefficient (Wildman–Crippen LogP) is 2.56. The van der Waals surface area contributed by atoms with Gasteiger partial charge in [0.15, 0.2) is 0 Å². The van der Waals surface area contributed by atoms with Gasteiger partial charge in [0.2, 0.25) is 0 Å². The first-order chi connectivity index (χ1) is 7.75. The van der Waals surface area contributed by atoms with Crippen LogP contribution in [0.5, 0.6) is 0 Å². The van der Waals surface area contributed by atoms with Gasteiger partial charge in [-0.2, -0.15) is 0 Å². The molecule has 84 valence electrons. The standard InChI is InChI=1S/C12H12FNO2/c13-9-3-1-4-10(7-9)14-8-11(15)12-5-2-6-16-12/h1-7,11,14-15H,8H2. The molecule has 0 saturated heterocycles. The lowest BCUT2D eigenvalue weighted by Gasteiger charge is -2.10. The summed E-state index contributed by atoms with van der Waals surface area (Å²) in [6, 6.07) is 9.48. The molecule has 2 rings (SSSR count). The molecule has 1 heterocycles. The summed E-state index contributed by atoms with van der Waals surface area (Å²) in [5.41, 5.74) is 0.630. The van der Waals surface area contributed by atoms with Crippen LogP contribution in [0.3, 0.4) is 0 Å². The molecule has 0 spiro atoms. The zero-order valence-corrected chi connectivity index (χ0v) is 8.56. The van der Waals surface area contributed by atoms with Crippen LogP contribution >= 0.6 is 0 Å². The van der Waals surface area contributed by atoms with Crippen LogP contribution in [0, 0.1) is 5.82 Å². The van der Waals surface area contributed by atoms with Crippen molar-refractivity contribution in [1.29, 1.82) is 0 Å². The van der Waals surface area contributed by atoms with Gasteiger partial charge in [0.25, 0.3) is 0 Å². The number of hydrogen-bond acceptors (Lipinski definition) is 3. The van der Waals surface area contributed by atoms with E-state index in [0.717, 1.165) is 0 Å². The minimum absolute atomic E-state index is 0.275. The van der Waals surface area contributed by atoms with Crippen molar-refractivity contribution in [3.05, 3.63) is 54.2 Å². The Morgan fingerprint density at radius 2 is 2.19 bits per heavy atom. The Morgan fingerprint density at radius 3 is 2.88 bits per heavy atom. The van der Waals surface area contributed by atoms with E-state index in [2.05, 4.69) is 5.32 Å². The van der Waals surface area contributed by atoms with E-state index >= 15 is 0 Å². The van der Waals surface area contributed by atoms with Gasteiger partial charge >= 0.3 is 0 Å². The number of anilines is 1. The molecule has 0 aliphatic rings. The summed E-state index contributed by atoms with van der Waals surface area (Å²) in [4.78, 5) is 0. The fourth-order valence-corrected chi connectivity index (χ4v) is 1.39. The number of benzene rings is 1. The van der Waals surface area contributed by atoms with Crippen LogP contribution in [0.15, 0.2) is 47.1 Å². The smallest absolute Gasteiger partial charge is 0.134 e. The predicted molar refractivity (Wildman–Crippen MR) is 58.6 cm³/mol. The molecule has 3 nitrogen and oxygen atoms in total. The monoisotopic (exact) mass is 221 g/mol. The highest BCUT2D eigenvalue weighted by molar-refractivity contribution is 5.43. The molecule has 16 heavy (non-hydrogen) atoms. The molecule has 1 aromatic carbocycles. The molecule has 1 unspecified atom stereocenters. The fourth-order valence-electron chi connectivity index (χ4n) is 1.39. The Balaban J connectivity index is 1.92. The van der Waals surface area contributed by atoms with Crippen molar-refractivity contribution < 1.29 is 13.9 Å². The summed E-state index contributed by atoms with van der Waals surface area (Å²) >= 11 is 0. The fraction of sp³-hybridized carbons (Fsp3) is 0.167. The van der Waals surface area contributed by atoms with Crippen LogP contribution in [0.2, 0.25) is 0 Å². The molecule has 0 aliphatic carbocycles. The molecule has 1 atom stereocenters. The van der Waals surface area contributed by atoms with Crippen molar-refractivity contribution in [2.75, 3.05) is 11.9 Å². The van der Waals surface area contributed by atoms with Gasteiger partial charge in [0, 0.05) is 12.2 Å². The van der Waals surface area contributed by atoms with Crippen LogP contribution < -0.4 is 5.32 Å². The van der Waals surface area contributed by atoms with Crippen LogP contribution in [0.1, 0.15) is 11.9 Å². The molecule has 2 N–H and O–H groups in total. The van der Waals surface area contributed by atoms with Crippen molar-refractivity contribution in [3.8, 4) is 0 Å². The van der Waals surface area contributed by atoms with E-state index in [9.17, 15) is 9.50 Å². The first-order valence-electron chi connectivity index (χ1n) is 4.96. The van der Waals surface area contributed by atoms with Crippen molar-refractivity contribution >= 4 is 5.69 Å². The van der Waals surface area contributed by atoms with Crippen molar-refractivity contribution in [1.82, 2.24) is 0 Å². The van der Waals surface area contributed by atoms with Gasteiger partial charge < -0.3 is 14.8 Å². The highest BCUT2D eigenvalue weighted by atomic mass is 19.1. The second-order valence-corrected chi connectivity index (χ2v) is 3.42. The highest BCUT2D eigenvalue weighted by Gasteiger charge is 2.09. The maximum absolute atomic E-state index is 12.8. The second kappa shape index (κ2) is 4.81. The molecule has 4 heteroatoms. The van der Waals surface area contributed by atoms with Gasteiger partial charge in [-0.25, -0.2) is 4.39 Å². The van der Waals surface area contributed by atoms with Crippen molar-refractivity contribution in [2.45, 2.75) is 6.10 Å². The molecule has 0 fully saturated rings. The summed E-state index contributed by atoms with van der Waals surface area (Å²) < 4.78 is 17.9. The molecule has 0 saturated carbocycles. The first kappa shape index (κ1) is 10.7. The molecular weight excluding hydrogens is 209 g/mol. The molecule has 0 aliphatic heterocycles. The van der Waals surface area contributed by atoms with Gasteiger partial charge in [-0.15, -0.1) is 0 Å². The average Bonchev–Trinajstić information content (AvgIpc) is 2.79. The Bertz CT molecular complexity index is 442. The summed E-state index contributed by atoms with van der Waals surface area (Å²) in [6.07, 6.45) is 0.763. The average molecular weight is 221 g/mol. The molecule has 0 radical (unpaired) electrons. The minimum Gasteiger partial charge on any atom is -0.467 e. The maximum Gasteiger partial charge on any atom is 0.134 e. The van der Waals surface area contributed by atoms with Crippen LogP contribution in [-0.4, -0.2) is 11.7 Å². The first-order valence-corrected chi connectivity index (χ1v) is 4.96. The third kappa shape index (κ3) is 2.61. The lowest BCUT2D eigenvalue weighted by atomic mass is 10.2. The van der Waals surface area contributed by atoms with E-state index in [1.807, 2.05) is 0 Å². The second-order valence-electron chi connectivity index (χ2n) is 3.42. The van der Waals surface area contributed by atoms with Crippen LogP contribution in [0.4, 0.5) is 10.1 Å². The normalized spacial score (nSPS) is 12.4. The van der Waals surface area contributed by atoms with E-state index in [4.69, 9.17) is 4.42 Å². The highest BCUT2D eigenvalue weighted by Crippen LogP contribution is 2.15. The minimum atomic E-state index is -0.738. The molecule has 1 aromatic heterocycles. The SMILES string of the molecule is OC(CNc1cccc(F)c1)c1ccco1. The lowest BCUT2D eigenvalue weighted by Crippen LogP contribution is -2.11. The molecule has 2 aromatic rings. The van der Waals surface area contributed by atoms with Crippen molar-refractivity contribution in [3.63, 3.8) is 0 Å². The topological polar surface area (TPSA) is 45.4 Å². The zero-order valence-electron chi connectivity index (χ0n) is 8.56. The third-order valence-electron chi connectivity index (χ3n) is 2.20. The Labute approximate surface area is 92.5 Å². The van der Waals surface area contributed by atoms with E-state index in [0.29, 0.717) is 11.4 Å². The van der Waals surface area contributed by atoms with Crippen LogP contribution in [0.25, 0.3) is 0 Å². The summed E-state index contributed by atoms with van der Waals surface area (Å²) in [5, 5.41) is 12.6. The Kier molecular flexibility index (Phi) is 3.22. The van der Waals surface area contributed by atoms with Gasteiger partial charge in [-0.3, -0.25) is 0 Å². The Hall–Kier alpha value is -1.81. The van der Waals surface area contributed by atoms with Gasteiger partial charge in [0.05, 0.1) is 6.26 Å². The number of aliphatic hydroxyl groups excluding tert-OH is 1. The zero-order chi connectivity index (χ0) is 11.4. The molecule has 0 bridgehead atoms. The van der Waals surface area contributed by atoms with Crippen LogP contribution in [-0.2, 0) is 0 Å². The van der Waals surface area contributed by atoms with Gasteiger partial charge in [0.1, 0.15) is 17.7 Å². The summed E-state index contributed by atoms with van der Waals surface area (Å²) in [7, 11) is 0. The largest absolute Gasteiger partial charge is 0.467 e. The number of nitrogens with one attached hydrogen (secondary N) is 1. The number of rotatable bonds is 4. The quantitative estimate of drug-likeness (QED) is 0.834. The third-order valence-corrected chi connectivity index (χ3v) is 2.20. The number of hydrogen-bond donors (Lipinski definition) is 2. The van der Waals surface area contributed by atoms with Crippen molar-refractivity contribution in [2.24, 2.45) is 0 Å². The maximum atomic E-state index is 12.8. The van der Waals surface area contributed by atoms with Gasteiger partial charge in [-0.1, -0.05) is 6.07 Å². The summed E-state index contributed by atoms with van der Waals surface area (Å²) in [6.45, 7) is 0.275. The van der Waals surface area contributed by atoms with E-state index in [1.54, 1.807) is 24.3 Å². The lowest BCUT2D eigenvalue weighted by molar-refractivity contribution is 0.162. The summed E-state index contributed by atoms with van der Waals surface area (Å²) in [5.74, 6) is 0.182. The number of aliphatic hydroxyl groups is 1. The van der Waals surface area contributed by atoms with E-state index < -0.39 is 6.10 Å². The molecular formula is C12H12FNO2. The van der Waals surface area contributed by atoms with E-state index in [-0.39, 0.29) is 12.4 Å². The Morgan fingerprint density at radius 1 is 1.31 bits per heavy atom. The number of halogens is 1.